The van der Waals surface area contributed by atoms with E-state index in [-0.39, 0.29) is 0 Å². The second-order valence-electron chi connectivity index (χ2n) is 5.78. The van der Waals surface area contributed by atoms with E-state index in [2.05, 4.69) is 4.90 Å². The van der Waals surface area contributed by atoms with Crippen LogP contribution in [0.4, 0.5) is 5.69 Å². The minimum atomic E-state index is -0.451. The van der Waals surface area contributed by atoms with Crippen molar-refractivity contribution < 1.29 is 14.3 Å². The lowest BCUT2D eigenvalue weighted by Gasteiger charge is -2.36. The van der Waals surface area contributed by atoms with E-state index in [9.17, 15) is 9.59 Å². The van der Waals surface area contributed by atoms with Crippen LogP contribution >= 0.6 is 0 Å². The van der Waals surface area contributed by atoms with Crippen molar-refractivity contribution in [2.75, 3.05) is 38.2 Å². The van der Waals surface area contributed by atoms with Crippen LogP contribution in [0.1, 0.15) is 10.5 Å². The smallest absolute Gasteiger partial charge is 0.296 e. The number of carbonyl (C=O) groups excluding carboxylic acids is 2. The number of carbonyl (C=O) groups is 2. The molecule has 1 aliphatic rings. The molecule has 6 heteroatoms. The molecule has 0 spiro atoms. The normalized spacial score (nSPS) is 14.6. The average Bonchev–Trinajstić information content (AvgIpc) is 3.06. The highest BCUT2D eigenvalue weighted by atomic mass is 16.5. The lowest BCUT2D eigenvalue weighted by molar-refractivity contribution is -0.126. The number of Topliss-reactive ketones (excluding diaryl/α,β-unsaturated/α-hetero) is 1. The zero-order valence-corrected chi connectivity index (χ0v) is 13.9. The Hall–Kier alpha value is -2.76. The molecule has 0 atom stereocenters. The molecule has 2 heterocycles. The highest BCUT2D eigenvalue weighted by Gasteiger charge is 2.28. The van der Waals surface area contributed by atoms with Crippen LogP contribution in [-0.4, -0.2) is 54.4 Å². The van der Waals surface area contributed by atoms with Gasteiger partial charge in [0.1, 0.15) is 5.75 Å². The topological polar surface area (TPSA) is 54.8 Å². The average molecular weight is 327 g/mol. The molecule has 0 N–H and O–H groups in total. The van der Waals surface area contributed by atoms with Gasteiger partial charge in [0.15, 0.2) is 0 Å². The third-order valence-electron chi connectivity index (χ3n) is 4.36. The van der Waals surface area contributed by atoms with Gasteiger partial charge in [0.05, 0.1) is 18.5 Å². The molecule has 24 heavy (non-hydrogen) atoms. The zero-order chi connectivity index (χ0) is 17.1. The number of aryl methyl sites for hydroxylation is 1. The maximum absolute atomic E-state index is 12.4. The fourth-order valence-electron chi connectivity index (χ4n) is 2.99. The second kappa shape index (κ2) is 6.78. The van der Waals surface area contributed by atoms with Crippen LogP contribution in [-0.2, 0) is 11.8 Å². The molecule has 1 aromatic heterocycles. The number of hydrogen-bond acceptors (Lipinski definition) is 4. The Morgan fingerprint density at radius 2 is 1.71 bits per heavy atom. The van der Waals surface area contributed by atoms with E-state index in [1.165, 1.54) is 0 Å². The summed E-state index contributed by atoms with van der Waals surface area (Å²) in [6.07, 6.45) is 1.76. The summed E-state index contributed by atoms with van der Waals surface area (Å²) >= 11 is 0. The highest BCUT2D eigenvalue weighted by Crippen LogP contribution is 2.28. The summed E-state index contributed by atoms with van der Waals surface area (Å²) in [5.41, 5.74) is 1.44. The molecular formula is C18H21N3O3. The number of ether oxygens (including phenoxy) is 1. The number of nitrogens with zero attached hydrogens (tertiary/aromatic N) is 3. The molecule has 6 nitrogen and oxygen atoms in total. The summed E-state index contributed by atoms with van der Waals surface area (Å²) in [5.74, 6) is -0.0677. The molecule has 3 rings (SSSR count). The van der Waals surface area contributed by atoms with Crippen molar-refractivity contribution in [2.45, 2.75) is 0 Å². The van der Waals surface area contributed by atoms with Gasteiger partial charge in [-0.15, -0.1) is 0 Å². The molecule has 1 saturated heterocycles. The maximum Gasteiger partial charge on any atom is 0.296 e. The SMILES string of the molecule is COc1ccccc1N1CCN(C(=O)C(=O)c2cccn2C)CC1. The van der Waals surface area contributed by atoms with Crippen molar-refractivity contribution >= 4 is 17.4 Å². The van der Waals surface area contributed by atoms with Crippen LogP contribution in [0.2, 0.25) is 0 Å². The van der Waals surface area contributed by atoms with Gasteiger partial charge in [0.25, 0.3) is 11.7 Å². The predicted molar refractivity (Wildman–Crippen MR) is 91.5 cm³/mol. The molecule has 1 amide bonds. The van der Waals surface area contributed by atoms with E-state index in [1.807, 2.05) is 24.3 Å². The summed E-state index contributed by atoms with van der Waals surface area (Å²) in [5, 5.41) is 0. The van der Waals surface area contributed by atoms with Crippen LogP contribution in [0.3, 0.4) is 0 Å². The summed E-state index contributed by atoms with van der Waals surface area (Å²) in [4.78, 5) is 28.6. The predicted octanol–water partition coefficient (Wildman–Crippen LogP) is 1.57. The monoisotopic (exact) mass is 327 g/mol. The Labute approximate surface area is 141 Å². The number of methoxy groups -OCH3 is 1. The minimum Gasteiger partial charge on any atom is -0.495 e. The number of hydrogen-bond donors (Lipinski definition) is 0. The first kappa shape index (κ1) is 16.1. The first-order valence-corrected chi connectivity index (χ1v) is 7.94. The molecular weight excluding hydrogens is 306 g/mol. The molecule has 0 saturated carbocycles. The Morgan fingerprint density at radius 3 is 2.33 bits per heavy atom. The molecule has 1 fully saturated rings. The van der Waals surface area contributed by atoms with E-state index in [0.717, 1.165) is 11.4 Å². The molecule has 1 aromatic carbocycles. The number of amides is 1. The first-order chi connectivity index (χ1) is 11.6. The Morgan fingerprint density at radius 1 is 1.00 bits per heavy atom. The van der Waals surface area contributed by atoms with Crippen molar-refractivity contribution in [1.82, 2.24) is 9.47 Å². The van der Waals surface area contributed by atoms with Crippen molar-refractivity contribution in [3.8, 4) is 5.75 Å². The number of anilines is 1. The number of ketones is 1. The Balaban J connectivity index is 1.66. The molecule has 0 bridgehead atoms. The third-order valence-corrected chi connectivity index (χ3v) is 4.36. The molecule has 1 aliphatic heterocycles. The second-order valence-corrected chi connectivity index (χ2v) is 5.78. The quantitative estimate of drug-likeness (QED) is 0.632. The number of para-hydroxylation sites is 2. The molecule has 0 unspecified atom stereocenters. The van der Waals surface area contributed by atoms with Crippen LogP contribution in [0.5, 0.6) is 5.75 Å². The van der Waals surface area contributed by atoms with Crippen LogP contribution in [0, 0.1) is 0 Å². The first-order valence-electron chi connectivity index (χ1n) is 7.94. The number of benzene rings is 1. The van der Waals surface area contributed by atoms with Crippen molar-refractivity contribution in [1.29, 1.82) is 0 Å². The van der Waals surface area contributed by atoms with Crippen LogP contribution in [0.15, 0.2) is 42.6 Å². The summed E-state index contributed by atoms with van der Waals surface area (Å²) in [6.45, 7) is 2.39. The van der Waals surface area contributed by atoms with Crippen LogP contribution in [0.25, 0.3) is 0 Å². The number of rotatable bonds is 4. The largest absolute Gasteiger partial charge is 0.495 e. The molecule has 2 aromatic rings. The number of aromatic nitrogens is 1. The van der Waals surface area contributed by atoms with Gasteiger partial charge < -0.3 is 19.1 Å². The van der Waals surface area contributed by atoms with Gasteiger partial charge in [-0.25, -0.2) is 0 Å². The number of piperazine rings is 1. The van der Waals surface area contributed by atoms with Gasteiger partial charge >= 0.3 is 0 Å². The fourth-order valence-corrected chi connectivity index (χ4v) is 2.99. The van der Waals surface area contributed by atoms with E-state index < -0.39 is 11.7 Å². The van der Waals surface area contributed by atoms with Gasteiger partial charge in [0.2, 0.25) is 0 Å². The van der Waals surface area contributed by atoms with Crippen LogP contribution < -0.4 is 9.64 Å². The minimum absolute atomic E-state index is 0.423. The lowest BCUT2D eigenvalue weighted by atomic mass is 10.2. The van der Waals surface area contributed by atoms with Crippen molar-refractivity contribution in [3.05, 3.63) is 48.3 Å². The third kappa shape index (κ3) is 2.99. The maximum atomic E-state index is 12.4. The summed E-state index contributed by atoms with van der Waals surface area (Å²) in [6, 6.07) is 11.3. The van der Waals surface area contributed by atoms with Gasteiger partial charge in [-0.2, -0.15) is 0 Å². The Kier molecular flexibility index (Phi) is 4.55. The van der Waals surface area contributed by atoms with Crippen molar-refractivity contribution in [3.63, 3.8) is 0 Å². The van der Waals surface area contributed by atoms with Gasteiger partial charge in [-0.1, -0.05) is 12.1 Å². The highest BCUT2D eigenvalue weighted by molar-refractivity contribution is 6.42. The molecule has 0 aliphatic carbocycles. The van der Waals surface area contributed by atoms with Gasteiger partial charge in [-0.05, 0) is 24.3 Å². The van der Waals surface area contributed by atoms with Gasteiger partial charge in [-0.3, -0.25) is 9.59 Å². The fraction of sp³-hybridized carbons (Fsp3) is 0.333. The van der Waals surface area contributed by atoms with E-state index in [0.29, 0.717) is 31.9 Å². The van der Waals surface area contributed by atoms with E-state index >= 15 is 0 Å². The molecule has 126 valence electrons. The summed E-state index contributed by atoms with van der Waals surface area (Å²) in [7, 11) is 3.41. The Bertz CT molecular complexity index is 745. The van der Waals surface area contributed by atoms with Crippen molar-refractivity contribution in [2.24, 2.45) is 7.05 Å². The lowest BCUT2D eigenvalue weighted by Crippen LogP contribution is -2.50. The molecule has 0 radical (unpaired) electrons. The van der Waals surface area contributed by atoms with E-state index in [4.69, 9.17) is 4.74 Å². The summed E-state index contributed by atoms with van der Waals surface area (Å²) < 4.78 is 7.07. The standard InChI is InChI=1S/C18H21N3O3/c1-19-9-5-7-15(19)17(22)18(23)21-12-10-20(11-13-21)14-6-3-4-8-16(14)24-2/h3-9H,10-13H2,1-2H3. The van der Waals surface area contributed by atoms with E-state index in [1.54, 1.807) is 42.0 Å². The zero-order valence-electron chi connectivity index (χ0n) is 13.9. The van der Waals surface area contributed by atoms with Gasteiger partial charge in [0, 0.05) is 39.4 Å².